The van der Waals surface area contributed by atoms with Gasteiger partial charge in [-0.1, -0.05) is 6.92 Å². The van der Waals surface area contributed by atoms with Gasteiger partial charge in [-0.25, -0.2) is 9.97 Å². The van der Waals surface area contributed by atoms with E-state index in [1.54, 1.807) is 0 Å². The largest absolute Gasteiger partial charge is 0.367 e. The van der Waals surface area contributed by atoms with Gasteiger partial charge in [0, 0.05) is 23.6 Å². The third-order valence-corrected chi connectivity index (χ3v) is 3.08. The van der Waals surface area contributed by atoms with Crippen LogP contribution in [0.1, 0.15) is 25.4 Å². The van der Waals surface area contributed by atoms with Crippen LogP contribution in [0.3, 0.4) is 0 Å². The number of aryl methyl sites for hydroxylation is 2. The van der Waals surface area contributed by atoms with Gasteiger partial charge in [0.1, 0.15) is 11.6 Å². The Morgan fingerprint density at radius 3 is 2.73 bits per heavy atom. The molecule has 0 saturated carbocycles. The van der Waals surface area contributed by atoms with E-state index >= 15 is 0 Å². The lowest BCUT2D eigenvalue weighted by Gasteiger charge is -2.14. The van der Waals surface area contributed by atoms with E-state index in [4.69, 9.17) is 0 Å². The van der Waals surface area contributed by atoms with E-state index in [2.05, 4.69) is 29.1 Å². The monoisotopic (exact) mass is 225 g/mol. The van der Waals surface area contributed by atoms with Crippen molar-refractivity contribution in [3.63, 3.8) is 0 Å². The van der Waals surface area contributed by atoms with E-state index in [9.17, 15) is 0 Å². The minimum atomic E-state index is 0.448. The number of nitrogens with one attached hydrogen (secondary N) is 1. The van der Waals surface area contributed by atoms with Crippen molar-refractivity contribution in [2.45, 2.75) is 33.7 Å². The van der Waals surface area contributed by atoms with Crippen molar-refractivity contribution in [3.05, 3.63) is 17.6 Å². The highest BCUT2D eigenvalue weighted by Crippen LogP contribution is 2.10. The Morgan fingerprint density at radius 2 is 2.13 bits per heavy atom. The van der Waals surface area contributed by atoms with Gasteiger partial charge < -0.3 is 5.32 Å². The first-order valence-electron chi connectivity index (χ1n) is 5.28. The van der Waals surface area contributed by atoms with Crippen molar-refractivity contribution in [1.82, 2.24) is 9.97 Å². The topological polar surface area (TPSA) is 37.8 Å². The molecule has 0 radical (unpaired) electrons. The summed E-state index contributed by atoms with van der Waals surface area (Å²) in [6.45, 7) is 8.26. The van der Waals surface area contributed by atoms with Crippen molar-refractivity contribution < 1.29 is 0 Å². The van der Waals surface area contributed by atoms with Gasteiger partial charge in [0.25, 0.3) is 0 Å². The van der Waals surface area contributed by atoms with Gasteiger partial charge in [-0.3, -0.25) is 0 Å². The summed E-state index contributed by atoms with van der Waals surface area (Å²) in [7, 11) is 0. The molecule has 0 saturated heterocycles. The Bertz CT molecular complexity index is 294. The molecule has 0 amide bonds. The minimum absolute atomic E-state index is 0.448. The Kier molecular flexibility index (Phi) is 4.88. The molecule has 0 bridgehead atoms. The molecule has 1 aromatic rings. The first kappa shape index (κ1) is 12.3. The number of thioether (sulfide) groups is 1. The maximum Gasteiger partial charge on any atom is 0.130 e. The fourth-order valence-corrected chi connectivity index (χ4v) is 2.05. The highest BCUT2D eigenvalue weighted by atomic mass is 32.2. The van der Waals surface area contributed by atoms with E-state index in [-0.39, 0.29) is 0 Å². The van der Waals surface area contributed by atoms with E-state index in [1.165, 1.54) is 0 Å². The lowest BCUT2D eigenvalue weighted by atomic mass is 10.3. The van der Waals surface area contributed by atoms with Crippen LogP contribution in [0.5, 0.6) is 0 Å². The second-order valence-corrected chi connectivity index (χ2v) is 4.97. The van der Waals surface area contributed by atoms with Gasteiger partial charge in [0.15, 0.2) is 0 Å². The predicted molar refractivity (Wildman–Crippen MR) is 67.6 cm³/mol. The highest BCUT2D eigenvalue weighted by Gasteiger charge is 2.03. The summed E-state index contributed by atoms with van der Waals surface area (Å²) in [6, 6.07) is 2.43. The summed E-state index contributed by atoms with van der Waals surface area (Å²) in [5, 5.41) is 3.39. The summed E-state index contributed by atoms with van der Waals surface area (Å²) >= 11 is 1.94. The average molecular weight is 225 g/mol. The van der Waals surface area contributed by atoms with Gasteiger partial charge in [-0.15, -0.1) is 0 Å². The molecule has 0 fully saturated rings. The molecule has 0 aliphatic rings. The van der Waals surface area contributed by atoms with E-state index in [0.29, 0.717) is 6.04 Å². The molecular formula is C11H19N3S. The summed E-state index contributed by atoms with van der Waals surface area (Å²) < 4.78 is 0. The molecule has 3 nitrogen and oxygen atoms in total. The molecule has 0 spiro atoms. The highest BCUT2D eigenvalue weighted by molar-refractivity contribution is 7.99. The quantitative estimate of drug-likeness (QED) is 0.836. The van der Waals surface area contributed by atoms with Crippen LogP contribution in [0.25, 0.3) is 0 Å². The number of anilines is 1. The summed E-state index contributed by atoms with van der Waals surface area (Å²) in [5.41, 5.74) is 1.01. The summed E-state index contributed by atoms with van der Waals surface area (Å²) in [6.07, 6.45) is 0. The van der Waals surface area contributed by atoms with E-state index < -0.39 is 0 Å². The molecule has 1 rings (SSSR count). The van der Waals surface area contributed by atoms with Crippen LogP contribution in [-0.2, 0) is 0 Å². The molecule has 0 aliphatic heterocycles. The molecule has 1 atom stereocenters. The first-order chi connectivity index (χ1) is 7.11. The van der Waals surface area contributed by atoms with Gasteiger partial charge in [-0.05, 0) is 26.5 Å². The second kappa shape index (κ2) is 5.95. The van der Waals surface area contributed by atoms with Crippen molar-refractivity contribution in [2.75, 3.05) is 16.8 Å². The molecule has 0 aromatic carbocycles. The normalized spacial score (nSPS) is 12.5. The van der Waals surface area contributed by atoms with Crippen LogP contribution >= 0.6 is 11.8 Å². The van der Waals surface area contributed by atoms with Crippen LogP contribution in [0, 0.1) is 13.8 Å². The van der Waals surface area contributed by atoms with Crippen LogP contribution in [0.2, 0.25) is 0 Å². The Morgan fingerprint density at radius 1 is 1.40 bits per heavy atom. The minimum Gasteiger partial charge on any atom is -0.367 e. The molecule has 0 aliphatic carbocycles. The summed E-state index contributed by atoms with van der Waals surface area (Å²) in [5.74, 6) is 4.03. The van der Waals surface area contributed by atoms with Crippen molar-refractivity contribution in [1.29, 1.82) is 0 Å². The predicted octanol–water partition coefficient (Wildman–Crippen LogP) is 2.65. The van der Waals surface area contributed by atoms with Crippen molar-refractivity contribution >= 4 is 17.6 Å². The van der Waals surface area contributed by atoms with Gasteiger partial charge in [0.2, 0.25) is 0 Å². The Balaban J connectivity index is 2.56. The molecule has 1 N–H and O–H groups in total. The third kappa shape index (κ3) is 4.51. The number of aromatic nitrogens is 2. The second-order valence-electron chi connectivity index (χ2n) is 3.65. The Hall–Kier alpha value is -0.770. The molecule has 1 unspecified atom stereocenters. The number of rotatable bonds is 5. The van der Waals surface area contributed by atoms with Crippen molar-refractivity contribution in [2.24, 2.45) is 0 Å². The maximum atomic E-state index is 4.35. The molecule has 1 aromatic heterocycles. The summed E-state index contributed by atoms with van der Waals surface area (Å²) in [4.78, 5) is 8.60. The number of hydrogen-bond donors (Lipinski definition) is 1. The molecule has 84 valence electrons. The third-order valence-electron chi connectivity index (χ3n) is 1.93. The fourth-order valence-electron chi connectivity index (χ4n) is 1.38. The fraction of sp³-hybridized carbons (Fsp3) is 0.636. The lowest BCUT2D eigenvalue weighted by Crippen LogP contribution is -2.19. The van der Waals surface area contributed by atoms with Crippen LogP contribution in [0.15, 0.2) is 6.07 Å². The Labute approximate surface area is 96.1 Å². The van der Waals surface area contributed by atoms with Crippen LogP contribution in [-0.4, -0.2) is 27.5 Å². The number of hydrogen-bond acceptors (Lipinski definition) is 4. The van der Waals surface area contributed by atoms with Crippen LogP contribution in [0.4, 0.5) is 5.82 Å². The first-order valence-corrected chi connectivity index (χ1v) is 6.44. The van der Waals surface area contributed by atoms with Crippen LogP contribution < -0.4 is 5.32 Å². The van der Waals surface area contributed by atoms with Gasteiger partial charge in [-0.2, -0.15) is 11.8 Å². The van der Waals surface area contributed by atoms with Gasteiger partial charge in [0.05, 0.1) is 0 Å². The lowest BCUT2D eigenvalue weighted by molar-refractivity contribution is 0.888. The van der Waals surface area contributed by atoms with Crippen molar-refractivity contribution in [3.8, 4) is 0 Å². The van der Waals surface area contributed by atoms with E-state index in [0.717, 1.165) is 28.8 Å². The standard InChI is InChI=1S/C11H19N3S/c1-5-15-7-9(3)13-11-6-8(2)12-10(4)14-11/h6,9H,5,7H2,1-4H3,(H,12,13,14). The van der Waals surface area contributed by atoms with Gasteiger partial charge >= 0.3 is 0 Å². The average Bonchev–Trinajstić information content (AvgIpc) is 2.13. The SMILES string of the molecule is CCSCC(C)Nc1cc(C)nc(C)n1. The molecule has 1 heterocycles. The maximum absolute atomic E-state index is 4.35. The zero-order valence-electron chi connectivity index (χ0n) is 9.87. The zero-order valence-corrected chi connectivity index (χ0v) is 10.7. The zero-order chi connectivity index (χ0) is 11.3. The molecule has 15 heavy (non-hydrogen) atoms. The van der Waals surface area contributed by atoms with E-state index in [1.807, 2.05) is 31.7 Å². The molecular weight excluding hydrogens is 206 g/mol. The smallest absolute Gasteiger partial charge is 0.130 e. The molecule has 4 heteroatoms. The number of nitrogens with zero attached hydrogens (tertiary/aromatic N) is 2.